The van der Waals surface area contributed by atoms with Gasteiger partial charge in [0.25, 0.3) is 0 Å². The summed E-state index contributed by atoms with van der Waals surface area (Å²) in [5, 5.41) is 0. The Morgan fingerprint density at radius 2 is 1.53 bits per heavy atom. The summed E-state index contributed by atoms with van der Waals surface area (Å²) in [6.45, 7) is 0. The molecule has 0 aliphatic heterocycles. The zero-order chi connectivity index (χ0) is 11.3. The summed E-state index contributed by atoms with van der Waals surface area (Å²) in [5.41, 5.74) is 0.727. The van der Waals surface area contributed by atoms with Crippen LogP contribution in [-0.2, 0) is 11.2 Å². The average Bonchev–Trinajstić information content (AvgIpc) is 2.28. The first kappa shape index (κ1) is 11.4. The molecule has 1 radical (unpaired) electrons. The number of rotatable bonds is 5. The molecule has 0 fully saturated rings. The Kier molecular flexibility index (Phi) is 3.97. The van der Waals surface area contributed by atoms with Crippen molar-refractivity contribution < 1.29 is 19.0 Å². The summed E-state index contributed by atoms with van der Waals surface area (Å²) >= 11 is 0. The van der Waals surface area contributed by atoms with E-state index in [1.54, 1.807) is 26.4 Å². The van der Waals surface area contributed by atoms with Crippen LogP contribution in [0.3, 0.4) is 0 Å². The van der Waals surface area contributed by atoms with Crippen LogP contribution in [0.1, 0.15) is 5.56 Å². The van der Waals surface area contributed by atoms with Gasteiger partial charge in [0.2, 0.25) is 6.29 Å². The van der Waals surface area contributed by atoms with E-state index in [1.165, 1.54) is 7.11 Å². The first-order valence-electron chi connectivity index (χ1n) is 4.40. The molecule has 81 valence electrons. The summed E-state index contributed by atoms with van der Waals surface area (Å²) in [7, 11) is 4.62. The van der Waals surface area contributed by atoms with Crippen LogP contribution in [0.15, 0.2) is 12.1 Å². The van der Waals surface area contributed by atoms with E-state index in [9.17, 15) is 4.79 Å². The number of methoxy groups -OCH3 is 3. The minimum atomic E-state index is 0.170. The van der Waals surface area contributed by atoms with Crippen LogP contribution in [0.5, 0.6) is 17.2 Å². The van der Waals surface area contributed by atoms with Gasteiger partial charge in [0.05, 0.1) is 21.3 Å². The van der Waals surface area contributed by atoms with Crippen molar-refractivity contribution in [3.05, 3.63) is 17.7 Å². The molecule has 4 nitrogen and oxygen atoms in total. The molecule has 15 heavy (non-hydrogen) atoms. The minimum Gasteiger partial charge on any atom is -0.496 e. The minimum absolute atomic E-state index is 0.170. The van der Waals surface area contributed by atoms with Crippen LogP contribution >= 0.6 is 0 Å². The summed E-state index contributed by atoms with van der Waals surface area (Å²) in [5.74, 6) is 1.74. The molecule has 0 amide bonds. The fraction of sp³-hybridized carbons (Fsp3) is 0.364. The molecule has 0 aliphatic carbocycles. The van der Waals surface area contributed by atoms with E-state index in [2.05, 4.69) is 0 Å². The summed E-state index contributed by atoms with van der Waals surface area (Å²) in [6.07, 6.45) is 1.99. The monoisotopic (exact) mass is 209 g/mol. The molecule has 1 aromatic carbocycles. The van der Waals surface area contributed by atoms with Crippen molar-refractivity contribution in [1.29, 1.82) is 0 Å². The van der Waals surface area contributed by atoms with Gasteiger partial charge in [0, 0.05) is 18.1 Å². The molecule has 0 unspecified atom stereocenters. The van der Waals surface area contributed by atoms with Crippen molar-refractivity contribution in [3.63, 3.8) is 0 Å². The molecular formula is C11H13O4. The molecule has 1 aromatic rings. The largest absolute Gasteiger partial charge is 0.496 e. The Hall–Kier alpha value is -1.71. The van der Waals surface area contributed by atoms with E-state index in [-0.39, 0.29) is 6.42 Å². The van der Waals surface area contributed by atoms with Gasteiger partial charge in [-0.1, -0.05) is 0 Å². The van der Waals surface area contributed by atoms with Crippen molar-refractivity contribution >= 4 is 6.29 Å². The lowest BCUT2D eigenvalue weighted by atomic mass is 10.1. The maximum atomic E-state index is 10.3. The van der Waals surface area contributed by atoms with Crippen molar-refractivity contribution in [1.82, 2.24) is 0 Å². The van der Waals surface area contributed by atoms with E-state index in [4.69, 9.17) is 14.2 Å². The molecule has 1 rings (SSSR count). The van der Waals surface area contributed by atoms with Gasteiger partial charge in [0.1, 0.15) is 5.75 Å². The standard InChI is InChI=1S/C11H13O4/c1-13-9-7-11(15-3)10(14-2)6-8(9)4-5-12/h6-7H,4H2,1-3H3. The lowest BCUT2D eigenvalue weighted by Crippen LogP contribution is -1.97. The quantitative estimate of drug-likeness (QED) is 0.734. The highest BCUT2D eigenvalue weighted by molar-refractivity contribution is 5.61. The lowest BCUT2D eigenvalue weighted by molar-refractivity contribution is 0.348. The zero-order valence-electron chi connectivity index (χ0n) is 8.99. The number of hydrogen-bond acceptors (Lipinski definition) is 4. The first-order chi connectivity index (χ1) is 7.26. The van der Waals surface area contributed by atoms with Crippen LogP contribution in [0.25, 0.3) is 0 Å². The van der Waals surface area contributed by atoms with Gasteiger partial charge in [-0.15, -0.1) is 0 Å². The highest BCUT2D eigenvalue weighted by Gasteiger charge is 2.11. The maximum absolute atomic E-state index is 10.3. The zero-order valence-corrected chi connectivity index (χ0v) is 8.99. The number of hydrogen-bond donors (Lipinski definition) is 0. The summed E-state index contributed by atoms with van der Waals surface area (Å²) in [6, 6.07) is 3.40. The average molecular weight is 209 g/mol. The number of carbonyl (C=O) groups excluding carboxylic acids is 1. The van der Waals surface area contributed by atoms with Gasteiger partial charge >= 0.3 is 0 Å². The molecule has 0 aromatic heterocycles. The van der Waals surface area contributed by atoms with Gasteiger partial charge in [-0.2, -0.15) is 0 Å². The lowest BCUT2D eigenvalue weighted by Gasteiger charge is -2.12. The molecular weight excluding hydrogens is 196 g/mol. The van der Waals surface area contributed by atoms with Gasteiger partial charge in [-0.25, -0.2) is 0 Å². The Labute approximate surface area is 88.8 Å². The Morgan fingerprint density at radius 3 is 2.00 bits per heavy atom. The van der Waals surface area contributed by atoms with E-state index in [0.29, 0.717) is 17.2 Å². The van der Waals surface area contributed by atoms with Crippen LogP contribution in [0.4, 0.5) is 0 Å². The van der Waals surface area contributed by atoms with Crippen molar-refractivity contribution in [2.24, 2.45) is 0 Å². The molecule has 0 saturated carbocycles. The highest BCUT2D eigenvalue weighted by Crippen LogP contribution is 2.34. The van der Waals surface area contributed by atoms with Crippen molar-refractivity contribution in [3.8, 4) is 17.2 Å². The van der Waals surface area contributed by atoms with E-state index in [1.807, 2.05) is 6.29 Å². The van der Waals surface area contributed by atoms with Crippen LogP contribution in [0, 0.1) is 0 Å². The van der Waals surface area contributed by atoms with Gasteiger partial charge in [-0.05, 0) is 6.07 Å². The molecule has 0 heterocycles. The van der Waals surface area contributed by atoms with Gasteiger partial charge in [-0.3, -0.25) is 4.79 Å². The molecule has 0 spiro atoms. The smallest absolute Gasteiger partial charge is 0.203 e. The molecule has 0 aliphatic rings. The third kappa shape index (κ3) is 2.40. The number of benzene rings is 1. The van der Waals surface area contributed by atoms with E-state index < -0.39 is 0 Å². The maximum Gasteiger partial charge on any atom is 0.203 e. The Balaban J connectivity index is 3.20. The van der Waals surface area contributed by atoms with Crippen molar-refractivity contribution in [2.75, 3.05) is 21.3 Å². The van der Waals surface area contributed by atoms with Crippen LogP contribution in [-0.4, -0.2) is 27.6 Å². The Morgan fingerprint density at radius 1 is 1.00 bits per heavy atom. The Bertz CT molecular complexity index is 347. The van der Waals surface area contributed by atoms with Gasteiger partial charge in [0.15, 0.2) is 11.5 Å². The predicted molar refractivity (Wildman–Crippen MR) is 55.5 cm³/mol. The second kappa shape index (κ2) is 5.24. The molecule has 0 N–H and O–H groups in total. The van der Waals surface area contributed by atoms with E-state index in [0.717, 1.165) is 5.56 Å². The van der Waals surface area contributed by atoms with Crippen LogP contribution in [0.2, 0.25) is 0 Å². The second-order valence-corrected chi connectivity index (χ2v) is 2.84. The van der Waals surface area contributed by atoms with Crippen LogP contribution < -0.4 is 14.2 Å². The molecule has 0 bridgehead atoms. The van der Waals surface area contributed by atoms with Gasteiger partial charge < -0.3 is 14.2 Å². The highest BCUT2D eigenvalue weighted by atomic mass is 16.5. The molecule has 0 atom stereocenters. The third-order valence-corrected chi connectivity index (χ3v) is 2.05. The fourth-order valence-corrected chi connectivity index (χ4v) is 1.31. The summed E-state index contributed by atoms with van der Waals surface area (Å²) in [4.78, 5) is 10.3. The first-order valence-corrected chi connectivity index (χ1v) is 4.40. The predicted octanol–water partition coefficient (Wildman–Crippen LogP) is 1.36. The SMILES string of the molecule is COc1cc(OC)c(OC)cc1C[C]=O. The second-order valence-electron chi connectivity index (χ2n) is 2.84. The van der Waals surface area contributed by atoms with Crippen molar-refractivity contribution in [2.45, 2.75) is 6.42 Å². The third-order valence-electron chi connectivity index (χ3n) is 2.05. The van der Waals surface area contributed by atoms with E-state index >= 15 is 0 Å². The normalized spacial score (nSPS) is 9.53. The molecule has 4 heteroatoms. The fourth-order valence-electron chi connectivity index (χ4n) is 1.31. The molecule has 0 saturated heterocycles. The number of ether oxygens (including phenoxy) is 3. The topological polar surface area (TPSA) is 44.8 Å². The summed E-state index contributed by atoms with van der Waals surface area (Å²) < 4.78 is 15.3.